The van der Waals surface area contributed by atoms with Gasteiger partial charge in [-0.05, 0) is 78.9 Å². The molecule has 4 fully saturated rings. The molecule has 6 unspecified atom stereocenters. The van der Waals surface area contributed by atoms with Gasteiger partial charge in [0.25, 0.3) is 0 Å². The van der Waals surface area contributed by atoms with Crippen LogP contribution in [0.4, 0.5) is 17.1 Å². The zero-order valence-corrected chi connectivity index (χ0v) is 32.2. The first-order valence-electron chi connectivity index (χ1n) is 18.4. The van der Waals surface area contributed by atoms with Gasteiger partial charge in [0.05, 0.1) is 54.9 Å². The molecule has 55 heavy (non-hydrogen) atoms. The monoisotopic (exact) mass is 821 g/mol. The Morgan fingerprint density at radius 1 is 0.818 bits per heavy atom. The fourth-order valence-corrected chi connectivity index (χ4v) is 10.6. The number of nitrogens with zero attached hydrogens (tertiary/aromatic N) is 3. The minimum Gasteiger partial charge on any atom is -0.504 e. The van der Waals surface area contributed by atoms with Crippen LogP contribution in [0, 0.1) is 23.7 Å². The van der Waals surface area contributed by atoms with Crippen LogP contribution in [0.25, 0.3) is 0 Å². The number of fused-ring (bicyclic) bond motifs is 4. The molecule has 10 nitrogen and oxygen atoms in total. The van der Waals surface area contributed by atoms with Crippen LogP contribution in [-0.4, -0.2) is 62.1 Å². The van der Waals surface area contributed by atoms with Crippen molar-refractivity contribution in [2.75, 3.05) is 48.1 Å². The lowest BCUT2D eigenvalue weighted by atomic mass is 9.49. The normalized spacial score (nSPS) is 27.5. The number of benzene rings is 4. The molecule has 6 atom stereocenters. The van der Waals surface area contributed by atoms with E-state index in [1.165, 1.54) is 16.9 Å². The predicted octanol–water partition coefficient (Wildman–Crippen LogP) is 7.02. The Kier molecular flexibility index (Phi) is 8.86. The highest BCUT2D eigenvalue weighted by molar-refractivity contribution is 9.10. The van der Waals surface area contributed by atoms with E-state index in [2.05, 4.69) is 20.8 Å². The Morgan fingerprint density at radius 3 is 2.25 bits per heavy atom. The molecule has 4 aromatic rings. The first kappa shape index (κ1) is 35.7. The number of phenols is 1. The number of carbonyl (C=O) groups is 4. The molecule has 0 radical (unpaired) electrons. The number of ether oxygens (including phenoxy) is 2. The number of anilines is 3. The van der Waals surface area contributed by atoms with Crippen molar-refractivity contribution < 1.29 is 33.8 Å². The maximum atomic E-state index is 15.5. The number of allylic oxidation sites excluding steroid dienone is 2. The first-order valence-corrected chi connectivity index (χ1v) is 19.6. The van der Waals surface area contributed by atoms with E-state index in [9.17, 15) is 14.7 Å². The Hall–Kier alpha value is -4.97. The van der Waals surface area contributed by atoms with Crippen LogP contribution in [0.3, 0.4) is 0 Å². The van der Waals surface area contributed by atoms with Crippen LogP contribution in [0.2, 0.25) is 5.02 Å². The minimum atomic E-state index is -1.54. The quantitative estimate of drug-likeness (QED) is 0.163. The topological polar surface area (TPSA) is 117 Å². The summed E-state index contributed by atoms with van der Waals surface area (Å²) >= 11 is 10.0. The molecule has 3 heterocycles. The molecule has 4 aromatic carbocycles. The van der Waals surface area contributed by atoms with E-state index in [-0.39, 0.29) is 36.2 Å². The minimum absolute atomic E-state index is 0.134. The van der Waals surface area contributed by atoms with Crippen LogP contribution in [-0.2, 0) is 29.3 Å². The largest absolute Gasteiger partial charge is 0.504 e. The van der Waals surface area contributed by atoms with Gasteiger partial charge in [-0.1, -0.05) is 75.6 Å². The highest BCUT2D eigenvalue weighted by atomic mass is 79.9. The Morgan fingerprint density at radius 2 is 1.55 bits per heavy atom. The van der Waals surface area contributed by atoms with Crippen LogP contribution in [0.5, 0.6) is 11.5 Å². The van der Waals surface area contributed by atoms with E-state index in [0.29, 0.717) is 45.2 Å². The summed E-state index contributed by atoms with van der Waals surface area (Å²) in [6.07, 6.45) is 2.36. The maximum Gasteiger partial charge on any atom is 0.246 e. The number of morpholine rings is 1. The molecule has 4 amide bonds. The van der Waals surface area contributed by atoms with E-state index < -0.39 is 46.8 Å². The van der Waals surface area contributed by atoms with Crippen LogP contribution in [0.15, 0.2) is 107 Å². The van der Waals surface area contributed by atoms with Crippen molar-refractivity contribution in [1.29, 1.82) is 0 Å². The number of phenolic OH excluding ortho intramolecular Hbond substituents is 1. The average molecular weight is 823 g/mol. The third-order valence-corrected chi connectivity index (χ3v) is 12.9. The van der Waals surface area contributed by atoms with E-state index in [0.717, 1.165) is 24.4 Å². The summed E-state index contributed by atoms with van der Waals surface area (Å²) in [5.74, 6) is -5.45. The van der Waals surface area contributed by atoms with Crippen molar-refractivity contribution >= 4 is 68.2 Å². The van der Waals surface area contributed by atoms with Crippen molar-refractivity contribution in [3.8, 4) is 11.5 Å². The molecule has 280 valence electrons. The number of hydrogen-bond donors (Lipinski definition) is 1. The SMILES string of the molecule is COc1cc(Br)cc(C2C3=CCC4C(=O)N(c5ccc(N6CCOCC6)cc5)C(=O)C4C3CC3C(=O)N(c4cccc(Cl)c4)C(=O)C32c2ccccc2)c1O. The van der Waals surface area contributed by atoms with Gasteiger partial charge in [-0.25, -0.2) is 4.90 Å². The second kappa shape index (κ2) is 13.6. The zero-order valence-electron chi connectivity index (χ0n) is 29.9. The number of halogens is 2. The third kappa shape index (κ3) is 5.38. The van der Waals surface area contributed by atoms with Gasteiger partial charge < -0.3 is 19.5 Å². The highest BCUT2D eigenvalue weighted by Crippen LogP contribution is 2.66. The Balaban J connectivity index is 1.21. The predicted molar refractivity (Wildman–Crippen MR) is 210 cm³/mol. The van der Waals surface area contributed by atoms with Gasteiger partial charge in [0.2, 0.25) is 23.6 Å². The molecular weight excluding hydrogens is 786 g/mol. The van der Waals surface area contributed by atoms with Crippen molar-refractivity contribution in [2.24, 2.45) is 23.7 Å². The van der Waals surface area contributed by atoms with E-state index in [1.54, 1.807) is 36.4 Å². The summed E-state index contributed by atoms with van der Waals surface area (Å²) in [5, 5.41) is 12.3. The molecule has 3 aliphatic heterocycles. The lowest BCUT2D eigenvalue weighted by Gasteiger charge is -2.50. The van der Waals surface area contributed by atoms with Gasteiger partial charge in [0.15, 0.2) is 11.5 Å². The van der Waals surface area contributed by atoms with Gasteiger partial charge in [0.1, 0.15) is 0 Å². The Labute approximate surface area is 331 Å². The molecule has 3 saturated heterocycles. The summed E-state index contributed by atoms with van der Waals surface area (Å²) < 4.78 is 11.7. The molecular formula is C43H37BrClN3O7. The molecule has 1 saturated carbocycles. The van der Waals surface area contributed by atoms with Crippen LogP contribution >= 0.6 is 27.5 Å². The molecule has 2 aliphatic carbocycles. The zero-order chi connectivity index (χ0) is 38.2. The van der Waals surface area contributed by atoms with Crippen LogP contribution < -0.4 is 19.4 Å². The summed E-state index contributed by atoms with van der Waals surface area (Å²) in [4.78, 5) is 64.3. The van der Waals surface area contributed by atoms with Gasteiger partial charge >= 0.3 is 0 Å². The number of hydrogen-bond acceptors (Lipinski definition) is 8. The standard InChI is InChI=1S/C43H37BrClN3O7/c1-54-35-21-25(44)20-33(38(35)49)37-30-14-15-31-36(41(52)47(39(31)50)28-12-10-27(11-13-28)46-16-18-55-19-17-46)32(30)23-34-40(51)48(29-9-5-8-26(45)22-29)42(53)43(34,37)24-6-3-2-4-7-24/h2-14,20-22,31-32,34,36-37,49H,15-19,23H2,1H3. The van der Waals surface area contributed by atoms with E-state index in [4.69, 9.17) is 21.1 Å². The molecule has 0 spiro atoms. The summed E-state index contributed by atoms with van der Waals surface area (Å²) in [6, 6.07) is 26.7. The fraction of sp³-hybridized carbons (Fsp3) is 0.302. The molecule has 0 aromatic heterocycles. The lowest BCUT2D eigenvalue weighted by molar-refractivity contribution is -0.127. The van der Waals surface area contributed by atoms with Gasteiger partial charge in [-0.3, -0.25) is 24.1 Å². The van der Waals surface area contributed by atoms with Gasteiger partial charge in [0, 0.05) is 39.8 Å². The molecule has 5 aliphatic rings. The first-order chi connectivity index (χ1) is 26.6. The number of carbonyl (C=O) groups excluding carboxylic acids is 4. The number of imide groups is 2. The van der Waals surface area contributed by atoms with E-state index >= 15 is 9.59 Å². The smallest absolute Gasteiger partial charge is 0.246 e. The lowest BCUT2D eigenvalue weighted by Crippen LogP contribution is -2.53. The average Bonchev–Trinajstić information content (AvgIpc) is 3.60. The molecule has 1 N–H and O–H groups in total. The number of methoxy groups -OCH3 is 1. The number of amides is 4. The van der Waals surface area contributed by atoms with Gasteiger partial charge in [-0.15, -0.1) is 0 Å². The Bertz CT molecular complexity index is 2280. The van der Waals surface area contributed by atoms with Gasteiger partial charge in [-0.2, -0.15) is 0 Å². The van der Waals surface area contributed by atoms with Crippen molar-refractivity contribution in [2.45, 2.75) is 24.2 Å². The second-order valence-electron chi connectivity index (χ2n) is 14.8. The van der Waals surface area contributed by atoms with Crippen LogP contribution in [0.1, 0.15) is 29.9 Å². The maximum absolute atomic E-state index is 15.5. The van der Waals surface area contributed by atoms with Crippen molar-refractivity contribution in [3.63, 3.8) is 0 Å². The summed E-state index contributed by atoms with van der Waals surface area (Å²) in [5.41, 5.74) is 1.96. The summed E-state index contributed by atoms with van der Waals surface area (Å²) in [7, 11) is 1.45. The highest BCUT2D eigenvalue weighted by Gasteiger charge is 2.70. The van der Waals surface area contributed by atoms with Crippen molar-refractivity contribution in [1.82, 2.24) is 0 Å². The van der Waals surface area contributed by atoms with Crippen molar-refractivity contribution in [3.05, 3.63) is 123 Å². The second-order valence-corrected chi connectivity index (χ2v) is 16.1. The number of aromatic hydroxyl groups is 1. The summed E-state index contributed by atoms with van der Waals surface area (Å²) in [6.45, 7) is 2.77. The molecule has 0 bridgehead atoms. The fourth-order valence-electron chi connectivity index (χ4n) is 9.95. The third-order valence-electron chi connectivity index (χ3n) is 12.3. The van der Waals surface area contributed by atoms with E-state index in [1.807, 2.05) is 60.7 Å². The number of rotatable bonds is 6. The molecule has 12 heteroatoms. The molecule has 9 rings (SSSR count).